The molecule has 0 radical (unpaired) electrons. The Morgan fingerprint density at radius 2 is 2.00 bits per heavy atom. The molecule has 120 valence electrons. The molecule has 7 nitrogen and oxygen atoms in total. The average Bonchev–Trinajstić information content (AvgIpc) is 2.60. The Hall–Kier alpha value is -2.96. The fraction of sp³-hybridized carbons (Fsp3) is 0.250. The predicted molar refractivity (Wildman–Crippen MR) is 83.4 cm³/mol. The molecule has 0 aliphatic carbocycles. The van der Waals surface area contributed by atoms with Crippen LogP contribution in [0.2, 0.25) is 0 Å². The van der Waals surface area contributed by atoms with Crippen LogP contribution in [0.5, 0.6) is 0 Å². The molecule has 1 aromatic carbocycles. The molecule has 0 saturated heterocycles. The van der Waals surface area contributed by atoms with Crippen LogP contribution in [0.1, 0.15) is 11.3 Å². The van der Waals surface area contributed by atoms with Crippen LogP contribution >= 0.6 is 0 Å². The quantitative estimate of drug-likeness (QED) is 0.778. The summed E-state index contributed by atoms with van der Waals surface area (Å²) in [5.41, 5.74) is 1.55. The first-order valence-electron chi connectivity index (χ1n) is 7.10. The summed E-state index contributed by atoms with van der Waals surface area (Å²) in [6, 6.07) is 8.17. The van der Waals surface area contributed by atoms with E-state index in [1.54, 1.807) is 18.6 Å². The number of ether oxygens (including phenoxy) is 1. The molecule has 0 aliphatic rings. The first-order valence-corrected chi connectivity index (χ1v) is 7.10. The second-order valence-corrected chi connectivity index (χ2v) is 4.79. The van der Waals surface area contributed by atoms with Crippen molar-refractivity contribution in [3.05, 3.63) is 60.2 Å². The molecule has 2 amide bonds. The highest BCUT2D eigenvalue weighted by atomic mass is 16.5. The molecular weight excluding hydrogens is 296 g/mol. The van der Waals surface area contributed by atoms with Crippen molar-refractivity contribution in [3.63, 3.8) is 0 Å². The number of carbonyl (C=O) groups excluding carboxylic acids is 2. The normalized spacial score (nSPS) is 11.3. The number of hydrogen-bond donors (Lipinski definition) is 2. The van der Waals surface area contributed by atoms with Crippen molar-refractivity contribution in [2.24, 2.45) is 0 Å². The van der Waals surface area contributed by atoms with Gasteiger partial charge in [0.1, 0.15) is 6.04 Å². The number of amides is 2. The molecule has 23 heavy (non-hydrogen) atoms. The van der Waals surface area contributed by atoms with Gasteiger partial charge >= 0.3 is 12.0 Å². The Bertz CT molecular complexity index is 634. The van der Waals surface area contributed by atoms with Crippen molar-refractivity contribution in [1.29, 1.82) is 0 Å². The third kappa shape index (κ3) is 5.39. The van der Waals surface area contributed by atoms with Gasteiger partial charge in [0.15, 0.2) is 0 Å². The lowest BCUT2D eigenvalue weighted by Crippen LogP contribution is -2.47. The van der Waals surface area contributed by atoms with Gasteiger partial charge in [-0.3, -0.25) is 9.97 Å². The fourth-order valence-corrected chi connectivity index (χ4v) is 1.99. The molecule has 1 atom stereocenters. The van der Waals surface area contributed by atoms with Gasteiger partial charge in [-0.05, 0) is 5.56 Å². The third-order valence-corrected chi connectivity index (χ3v) is 3.12. The van der Waals surface area contributed by atoms with Crippen molar-refractivity contribution in [2.75, 3.05) is 7.11 Å². The lowest BCUT2D eigenvalue weighted by atomic mass is 10.1. The molecule has 0 unspecified atom stereocenters. The SMILES string of the molecule is COC(=O)[C@H](Cc1ccccc1)NC(=O)NCc1cnccn1. The van der Waals surface area contributed by atoms with Crippen LogP contribution in [0, 0.1) is 0 Å². The first-order chi connectivity index (χ1) is 11.2. The van der Waals surface area contributed by atoms with Crippen LogP contribution < -0.4 is 10.6 Å². The molecule has 0 bridgehead atoms. The van der Waals surface area contributed by atoms with E-state index in [2.05, 4.69) is 20.6 Å². The van der Waals surface area contributed by atoms with Crippen LogP contribution in [0.4, 0.5) is 4.79 Å². The predicted octanol–water partition coefficient (Wildman–Crippen LogP) is 1.06. The minimum Gasteiger partial charge on any atom is -0.467 e. The molecule has 0 saturated carbocycles. The van der Waals surface area contributed by atoms with Gasteiger partial charge in [0.2, 0.25) is 0 Å². The second-order valence-electron chi connectivity index (χ2n) is 4.79. The first kappa shape index (κ1) is 16.4. The van der Waals surface area contributed by atoms with Gasteiger partial charge in [0.05, 0.1) is 25.5 Å². The summed E-state index contributed by atoms with van der Waals surface area (Å²) in [6.07, 6.45) is 5.01. The zero-order valence-electron chi connectivity index (χ0n) is 12.7. The van der Waals surface area contributed by atoms with E-state index in [1.807, 2.05) is 30.3 Å². The van der Waals surface area contributed by atoms with Crippen molar-refractivity contribution >= 4 is 12.0 Å². The molecule has 2 N–H and O–H groups in total. The van der Waals surface area contributed by atoms with Crippen LogP contribution in [0.3, 0.4) is 0 Å². The highest BCUT2D eigenvalue weighted by molar-refractivity contribution is 5.83. The number of nitrogens with zero attached hydrogens (tertiary/aromatic N) is 2. The standard InChI is InChI=1S/C16H18N4O3/c1-23-15(21)14(9-12-5-3-2-4-6-12)20-16(22)19-11-13-10-17-7-8-18-13/h2-8,10,14H,9,11H2,1H3,(H2,19,20,22)/t14-/m0/s1. The van der Waals surface area contributed by atoms with Crippen molar-refractivity contribution in [2.45, 2.75) is 19.0 Å². The van der Waals surface area contributed by atoms with E-state index in [-0.39, 0.29) is 6.54 Å². The van der Waals surface area contributed by atoms with Gasteiger partial charge in [-0.15, -0.1) is 0 Å². The Labute approximate surface area is 134 Å². The maximum absolute atomic E-state index is 12.0. The Morgan fingerprint density at radius 1 is 1.22 bits per heavy atom. The van der Waals surface area contributed by atoms with Gasteiger partial charge in [-0.1, -0.05) is 30.3 Å². The highest BCUT2D eigenvalue weighted by Gasteiger charge is 2.21. The minimum absolute atomic E-state index is 0.221. The van der Waals surface area contributed by atoms with Gasteiger partial charge in [-0.25, -0.2) is 9.59 Å². The lowest BCUT2D eigenvalue weighted by molar-refractivity contribution is -0.142. The summed E-state index contributed by atoms with van der Waals surface area (Å²) in [7, 11) is 1.29. The van der Waals surface area contributed by atoms with Crippen LogP contribution in [0.25, 0.3) is 0 Å². The summed E-state index contributed by atoms with van der Waals surface area (Å²) in [5.74, 6) is -0.497. The van der Waals surface area contributed by atoms with Crippen molar-refractivity contribution in [1.82, 2.24) is 20.6 Å². The third-order valence-electron chi connectivity index (χ3n) is 3.12. The molecule has 0 fully saturated rings. The zero-order chi connectivity index (χ0) is 16.5. The Balaban J connectivity index is 1.91. The smallest absolute Gasteiger partial charge is 0.328 e. The average molecular weight is 314 g/mol. The maximum Gasteiger partial charge on any atom is 0.328 e. The molecule has 1 heterocycles. The zero-order valence-corrected chi connectivity index (χ0v) is 12.7. The Kier molecular flexibility index (Phi) is 6.05. The number of carbonyl (C=O) groups is 2. The summed E-state index contributed by atoms with van der Waals surface area (Å²) in [5, 5.41) is 5.25. The topological polar surface area (TPSA) is 93.2 Å². The molecule has 0 spiro atoms. The summed E-state index contributed by atoms with van der Waals surface area (Å²) < 4.78 is 4.74. The lowest BCUT2D eigenvalue weighted by Gasteiger charge is -2.17. The van der Waals surface area contributed by atoms with E-state index >= 15 is 0 Å². The summed E-state index contributed by atoms with van der Waals surface area (Å²) in [6.45, 7) is 0.221. The largest absolute Gasteiger partial charge is 0.467 e. The minimum atomic E-state index is -0.760. The molecular formula is C16H18N4O3. The van der Waals surface area contributed by atoms with E-state index < -0.39 is 18.0 Å². The Morgan fingerprint density at radius 3 is 2.65 bits per heavy atom. The molecule has 1 aromatic heterocycles. The number of rotatable bonds is 6. The number of urea groups is 1. The molecule has 2 aromatic rings. The van der Waals surface area contributed by atoms with E-state index in [4.69, 9.17) is 4.74 Å². The van der Waals surface area contributed by atoms with Gasteiger partial charge in [-0.2, -0.15) is 0 Å². The number of methoxy groups -OCH3 is 1. The maximum atomic E-state index is 12.0. The number of nitrogens with one attached hydrogen (secondary N) is 2. The van der Waals surface area contributed by atoms with Crippen LogP contribution in [-0.4, -0.2) is 35.1 Å². The van der Waals surface area contributed by atoms with E-state index in [0.717, 1.165) is 5.56 Å². The van der Waals surface area contributed by atoms with E-state index in [9.17, 15) is 9.59 Å². The van der Waals surface area contributed by atoms with Gasteiger partial charge in [0.25, 0.3) is 0 Å². The molecule has 0 aliphatic heterocycles. The second kappa shape index (κ2) is 8.47. The number of hydrogen-bond acceptors (Lipinski definition) is 5. The van der Waals surface area contributed by atoms with Crippen molar-refractivity contribution in [3.8, 4) is 0 Å². The van der Waals surface area contributed by atoms with Crippen molar-refractivity contribution < 1.29 is 14.3 Å². The monoisotopic (exact) mass is 314 g/mol. The highest BCUT2D eigenvalue weighted by Crippen LogP contribution is 2.04. The number of benzene rings is 1. The summed E-state index contributed by atoms with van der Waals surface area (Å²) in [4.78, 5) is 31.8. The molecule has 7 heteroatoms. The summed E-state index contributed by atoms with van der Waals surface area (Å²) >= 11 is 0. The van der Waals surface area contributed by atoms with E-state index in [1.165, 1.54) is 7.11 Å². The number of aromatic nitrogens is 2. The van der Waals surface area contributed by atoms with Gasteiger partial charge in [0, 0.05) is 18.8 Å². The molecule has 2 rings (SSSR count). The van der Waals surface area contributed by atoms with E-state index in [0.29, 0.717) is 12.1 Å². The number of esters is 1. The van der Waals surface area contributed by atoms with Gasteiger partial charge < -0.3 is 15.4 Å². The van der Waals surface area contributed by atoms with Crippen LogP contribution in [0.15, 0.2) is 48.9 Å². The fourth-order valence-electron chi connectivity index (χ4n) is 1.99. The van der Waals surface area contributed by atoms with Crippen LogP contribution in [-0.2, 0) is 22.5 Å².